The Morgan fingerprint density at radius 2 is 2.00 bits per heavy atom. The summed E-state index contributed by atoms with van der Waals surface area (Å²) in [6.45, 7) is 5.27. The highest BCUT2D eigenvalue weighted by Gasteiger charge is 2.45. The summed E-state index contributed by atoms with van der Waals surface area (Å²) in [6, 6.07) is -1.54. The van der Waals surface area contributed by atoms with Crippen LogP contribution < -0.4 is 5.32 Å². The molecule has 0 spiro atoms. The van der Waals surface area contributed by atoms with E-state index in [4.69, 9.17) is 14.2 Å². The predicted octanol–water partition coefficient (Wildman–Crippen LogP) is 0.790. The number of nitrogens with one attached hydrogen (secondary N) is 1. The topological polar surface area (TPSA) is 94.2 Å². The second-order valence-corrected chi connectivity index (χ2v) is 6.70. The molecule has 2 heterocycles. The van der Waals surface area contributed by atoms with Gasteiger partial charge in [0.05, 0.1) is 13.7 Å². The lowest BCUT2D eigenvalue weighted by atomic mass is 9.98. The van der Waals surface area contributed by atoms with Gasteiger partial charge < -0.3 is 24.4 Å². The first kappa shape index (κ1) is 17.5. The molecule has 8 heteroatoms. The average Bonchev–Trinajstić information content (AvgIpc) is 2.47. The maximum Gasteiger partial charge on any atom is 0.408 e. The maximum absolute atomic E-state index is 12.7. The van der Waals surface area contributed by atoms with Gasteiger partial charge in [-0.2, -0.15) is 0 Å². The van der Waals surface area contributed by atoms with Gasteiger partial charge in [-0.3, -0.25) is 4.79 Å². The Morgan fingerprint density at radius 3 is 2.61 bits per heavy atom. The fraction of sp³-hybridized carbons (Fsp3) is 0.800. The Bertz CT molecular complexity index is 487. The van der Waals surface area contributed by atoms with Crippen LogP contribution in [0.2, 0.25) is 0 Å². The van der Waals surface area contributed by atoms with Crippen LogP contribution in [-0.4, -0.2) is 60.5 Å². The van der Waals surface area contributed by atoms with Gasteiger partial charge in [-0.1, -0.05) is 0 Å². The molecule has 2 amide bonds. The third-order valence-electron chi connectivity index (χ3n) is 3.75. The molecule has 0 bridgehead atoms. The van der Waals surface area contributed by atoms with Gasteiger partial charge in [-0.05, 0) is 40.0 Å². The summed E-state index contributed by atoms with van der Waals surface area (Å²) in [7, 11) is 1.29. The molecule has 2 aliphatic rings. The number of hydrogen-bond donors (Lipinski definition) is 1. The highest BCUT2D eigenvalue weighted by atomic mass is 16.6. The number of carbonyl (C=O) groups excluding carboxylic acids is 3. The van der Waals surface area contributed by atoms with E-state index in [2.05, 4.69) is 5.32 Å². The summed E-state index contributed by atoms with van der Waals surface area (Å²) in [5.74, 6) is -0.813. The number of alkyl carbamates (subject to hydrolysis) is 1. The van der Waals surface area contributed by atoms with Gasteiger partial charge in [0.15, 0.2) is 0 Å². The van der Waals surface area contributed by atoms with E-state index in [-0.39, 0.29) is 12.5 Å². The molecule has 130 valence electrons. The number of nitrogens with zero attached hydrogens (tertiary/aromatic N) is 1. The van der Waals surface area contributed by atoms with E-state index in [9.17, 15) is 14.4 Å². The molecule has 0 saturated carbocycles. The molecule has 2 rings (SSSR count). The molecule has 2 aliphatic heterocycles. The van der Waals surface area contributed by atoms with Crippen molar-refractivity contribution in [3.63, 3.8) is 0 Å². The van der Waals surface area contributed by atoms with E-state index in [1.165, 1.54) is 12.0 Å². The normalized spacial score (nSPS) is 27.9. The van der Waals surface area contributed by atoms with Gasteiger partial charge in [-0.25, -0.2) is 9.59 Å². The summed E-state index contributed by atoms with van der Waals surface area (Å²) in [4.78, 5) is 37.8. The second kappa shape index (κ2) is 6.74. The minimum absolute atomic E-state index is 0.0626. The molecular weight excluding hydrogens is 304 g/mol. The molecule has 0 aromatic rings. The molecule has 0 radical (unpaired) electrons. The second-order valence-electron chi connectivity index (χ2n) is 6.70. The lowest BCUT2D eigenvalue weighted by Gasteiger charge is -2.45. The van der Waals surface area contributed by atoms with Gasteiger partial charge in [-0.15, -0.1) is 0 Å². The van der Waals surface area contributed by atoms with Crippen molar-refractivity contribution in [1.82, 2.24) is 10.2 Å². The Labute approximate surface area is 135 Å². The van der Waals surface area contributed by atoms with Crippen molar-refractivity contribution in [3.8, 4) is 0 Å². The first-order valence-corrected chi connectivity index (χ1v) is 7.74. The fourth-order valence-corrected chi connectivity index (χ4v) is 2.80. The van der Waals surface area contributed by atoms with Gasteiger partial charge in [0.2, 0.25) is 5.91 Å². The van der Waals surface area contributed by atoms with Crippen molar-refractivity contribution in [1.29, 1.82) is 0 Å². The number of piperidine rings is 1. The lowest BCUT2D eigenvalue weighted by molar-refractivity contribution is -0.187. The van der Waals surface area contributed by atoms with Crippen molar-refractivity contribution in [2.45, 2.75) is 63.9 Å². The summed E-state index contributed by atoms with van der Waals surface area (Å²) >= 11 is 0. The molecule has 0 aromatic carbocycles. The van der Waals surface area contributed by atoms with Gasteiger partial charge >= 0.3 is 12.1 Å². The molecule has 2 fully saturated rings. The van der Waals surface area contributed by atoms with Crippen LogP contribution in [0.4, 0.5) is 4.79 Å². The van der Waals surface area contributed by atoms with Crippen LogP contribution in [0.25, 0.3) is 0 Å². The Hall–Kier alpha value is -1.83. The average molecular weight is 328 g/mol. The highest BCUT2D eigenvalue weighted by molar-refractivity contribution is 5.90. The third-order valence-corrected chi connectivity index (χ3v) is 3.75. The van der Waals surface area contributed by atoms with Crippen molar-refractivity contribution in [2.75, 3.05) is 13.7 Å². The van der Waals surface area contributed by atoms with Crippen LogP contribution in [0, 0.1) is 0 Å². The van der Waals surface area contributed by atoms with Crippen LogP contribution >= 0.6 is 0 Å². The number of esters is 1. The summed E-state index contributed by atoms with van der Waals surface area (Å²) in [5.41, 5.74) is -0.662. The minimum Gasteiger partial charge on any atom is -0.467 e. The molecule has 0 aliphatic carbocycles. The van der Waals surface area contributed by atoms with Crippen LogP contribution in [0.3, 0.4) is 0 Å². The van der Waals surface area contributed by atoms with Crippen molar-refractivity contribution < 1.29 is 28.6 Å². The number of ether oxygens (including phenoxy) is 3. The van der Waals surface area contributed by atoms with Crippen molar-refractivity contribution >= 4 is 18.0 Å². The molecule has 23 heavy (non-hydrogen) atoms. The molecule has 3 atom stereocenters. The zero-order chi connectivity index (χ0) is 17.2. The van der Waals surface area contributed by atoms with Crippen LogP contribution in [0.15, 0.2) is 0 Å². The smallest absolute Gasteiger partial charge is 0.408 e. The maximum atomic E-state index is 12.7. The van der Waals surface area contributed by atoms with Gasteiger partial charge in [0.25, 0.3) is 0 Å². The van der Waals surface area contributed by atoms with E-state index >= 15 is 0 Å². The Kier molecular flexibility index (Phi) is 5.13. The Morgan fingerprint density at radius 1 is 1.30 bits per heavy atom. The number of hydrogen-bond acceptors (Lipinski definition) is 6. The quantitative estimate of drug-likeness (QED) is 0.753. The molecule has 2 saturated heterocycles. The highest BCUT2D eigenvalue weighted by Crippen LogP contribution is 2.28. The van der Waals surface area contributed by atoms with Crippen molar-refractivity contribution in [2.24, 2.45) is 0 Å². The van der Waals surface area contributed by atoms with E-state index < -0.39 is 36.0 Å². The monoisotopic (exact) mass is 328 g/mol. The zero-order valence-corrected chi connectivity index (χ0v) is 14.0. The van der Waals surface area contributed by atoms with E-state index in [0.717, 1.165) is 6.42 Å². The molecule has 8 nitrogen and oxygen atoms in total. The summed E-state index contributed by atoms with van der Waals surface area (Å²) in [6.07, 6.45) is 0.829. The zero-order valence-electron chi connectivity index (χ0n) is 14.0. The minimum atomic E-state index is -0.869. The third kappa shape index (κ3) is 4.13. The van der Waals surface area contributed by atoms with Crippen LogP contribution in [0.1, 0.15) is 40.0 Å². The van der Waals surface area contributed by atoms with E-state index in [0.29, 0.717) is 12.8 Å². The predicted molar refractivity (Wildman–Crippen MR) is 79.4 cm³/mol. The number of methoxy groups -OCH3 is 1. The SMILES string of the molecule is COC(=O)[C@H]1CCC[C@H]2OC[C@H](NC(=O)OC(C)(C)C)C(=O)N12. The number of rotatable bonds is 2. The van der Waals surface area contributed by atoms with E-state index in [1.807, 2.05) is 0 Å². The number of carbonyl (C=O) groups is 3. The molecular formula is C15H24N2O6. The fourth-order valence-electron chi connectivity index (χ4n) is 2.80. The largest absolute Gasteiger partial charge is 0.467 e. The van der Waals surface area contributed by atoms with E-state index in [1.54, 1.807) is 20.8 Å². The van der Waals surface area contributed by atoms with Crippen LogP contribution in [-0.2, 0) is 23.8 Å². The first-order chi connectivity index (χ1) is 10.7. The Balaban J connectivity index is 2.07. The molecule has 1 N–H and O–H groups in total. The van der Waals surface area contributed by atoms with Crippen LogP contribution in [0.5, 0.6) is 0 Å². The molecule has 0 aromatic heterocycles. The lowest BCUT2D eigenvalue weighted by Crippen LogP contribution is -2.65. The van der Waals surface area contributed by atoms with Gasteiger partial charge in [0, 0.05) is 0 Å². The number of amides is 2. The summed E-state index contributed by atoms with van der Waals surface area (Å²) in [5, 5.41) is 2.51. The molecule has 0 unspecified atom stereocenters. The number of fused-ring (bicyclic) bond motifs is 1. The first-order valence-electron chi connectivity index (χ1n) is 7.74. The summed E-state index contributed by atoms with van der Waals surface area (Å²) < 4.78 is 15.6. The van der Waals surface area contributed by atoms with Crippen molar-refractivity contribution in [3.05, 3.63) is 0 Å². The van der Waals surface area contributed by atoms with Gasteiger partial charge in [0.1, 0.15) is 23.9 Å². The standard InChI is InChI=1S/C15H24N2O6/c1-15(2,3)23-14(20)16-9-8-22-11-7-5-6-10(13(19)21-4)17(11)12(9)18/h9-11H,5-8H2,1-4H3,(H,16,20)/t9-,10+,11+/m0/s1.